The van der Waals surface area contributed by atoms with Gasteiger partial charge in [0.25, 0.3) is 0 Å². The second-order valence-electron chi connectivity index (χ2n) is 4.48. The van der Waals surface area contributed by atoms with Gasteiger partial charge in [-0.1, -0.05) is 0 Å². The van der Waals surface area contributed by atoms with E-state index in [2.05, 4.69) is 30.3 Å². The van der Waals surface area contributed by atoms with E-state index in [9.17, 15) is 0 Å². The van der Waals surface area contributed by atoms with Gasteiger partial charge < -0.3 is 5.73 Å². The molecule has 0 aromatic carbocycles. The number of aromatic nitrogens is 2. The third kappa shape index (κ3) is 2.28. The van der Waals surface area contributed by atoms with E-state index in [1.807, 2.05) is 0 Å². The molecule has 1 aromatic heterocycles. The Hall–Kier alpha value is -0.480. The third-order valence-corrected chi connectivity index (χ3v) is 4.45. The second-order valence-corrected chi connectivity index (χ2v) is 5.70. The molecule has 4 heteroatoms. The van der Waals surface area contributed by atoms with Gasteiger partial charge in [-0.2, -0.15) is 16.9 Å². The molecule has 0 aliphatic carbocycles. The van der Waals surface area contributed by atoms with Gasteiger partial charge in [-0.15, -0.1) is 0 Å². The van der Waals surface area contributed by atoms with Crippen LogP contribution in [0.15, 0.2) is 0 Å². The summed E-state index contributed by atoms with van der Waals surface area (Å²) in [7, 11) is 0. The molecule has 2 N–H and O–H groups in total. The van der Waals surface area contributed by atoms with E-state index in [0.717, 1.165) is 6.42 Å². The number of nitrogens with zero attached hydrogens (tertiary/aromatic N) is 2. The summed E-state index contributed by atoms with van der Waals surface area (Å²) >= 11 is 2.06. The SMILES string of the molecule is Cc1nn(C2CCSCC2)c(C)c1CCN. The van der Waals surface area contributed by atoms with Crippen molar-refractivity contribution < 1.29 is 0 Å². The lowest BCUT2D eigenvalue weighted by Gasteiger charge is -2.23. The van der Waals surface area contributed by atoms with Gasteiger partial charge in [0.05, 0.1) is 11.7 Å². The highest BCUT2D eigenvalue weighted by atomic mass is 32.2. The van der Waals surface area contributed by atoms with E-state index in [4.69, 9.17) is 10.8 Å². The second kappa shape index (κ2) is 5.23. The lowest BCUT2D eigenvalue weighted by atomic mass is 10.1. The van der Waals surface area contributed by atoms with Crippen LogP contribution in [-0.2, 0) is 6.42 Å². The van der Waals surface area contributed by atoms with Crippen LogP contribution in [0.4, 0.5) is 0 Å². The first-order valence-electron chi connectivity index (χ1n) is 6.06. The first-order valence-corrected chi connectivity index (χ1v) is 7.22. The molecule has 2 rings (SSSR count). The van der Waals surface area contributed by atoms with E-state index in [1.54, 1.807) is 0 Å². The summed E-state index contributed by atoms with van der Waals surface area (Å²) < 4.78 is 2.25. The van der Waals surface area contributed by atoms with Crippen LogP contribution in [0.25, 0.3) is 0 Å². The van der Waals surface area contributed by atoms with Crippen molar-refractivity contribution in [1.29, 1.82) is 0 Å². The van der Waals surface area contributed by atoms with Gasteiger partial charge in [0.15, 0.2) is 0 Å². The zero-order chi connectivity index (χ0) is 11.5. The van der Waals surface area contributed by atoms with Crippen molar-refractivity contribution in [2.45, 2.75) is 39.2 Å². The van der Waals surface area contributed by atoms with Crippen molar-refractivity contribution in [2.24, 2.45) is 5.73 Å². The van der Waals surface area contributed by atoms with Crippen molar-refractivity contribution in [1.82, 2.24) is 9.78 Å². The van der Waals surface area contributed by atoms with Crippen LogP contribution in [0, 0.1) is 13.8 Å². The van der Waals surface area contributed by atoms with E-state index >= 15 is 0 Å². The molecule has 0 radical (unpaired) electrons. The van der Waals surface area contributed by atoms with Crippen LogP contribution in [0.1, 0.15) is 35.8 Å². The summed E-state index contributed by atoms with van der Waals surface area (Å²) in [5.41, 5.74) is 9.51. The van der Waals surface area contributed by atoms with Gasteiger partial charge in [0.1, 0.15) is 0 Å². The van der Waals surface area contributed by atoms with Gasteiger partial charge in [-0.3, -0.25) is 4.68 Å². The molecule has 0 amide bonds. The summed E-state index contributed by atoms with van der Waals surface area (Å²) in [4.78, 5) is 0. The maximum absolute atomic E-state index is 5.65. The Balaban J connectivity index is 2.23. The molecule has 1 fully saturated rings. The smallest absolute Gasteiger partial charge is 0.0629 e. The maximum atomic E-state index is 5.65. The van der Waals surface area contributed by atoms with Gasteiger partial charge in [0, 0.05) is 5.69 Å². The molecule has 2 heterocycles. The Bertz CT molecular complexity index is 353. The van der Waals surface area contributed by atoms with Gasteiger partial charge >= 0.3 is 0 Å². The predicted molar refractivity (Wildman–Crippen MR) is 70.1 cm³/mol. The van der Waals surface area contributed by atoms with Crippen molar-refractivity contribution >= 4 is 11.8 Å². The Morgan fingerprint density at radius 1 is 1.38 bits per heavy atom. The van der Waals surface area contributed by atoms with Gasteiger partial charge in [-0.05, 0) is 56.7 Å². The summed E-state index contributed by atoms with van der Waals surface area (Å²) in [6.07, 6.45) is 3.47. The number of rotatable bonds is 3. The molecule has 0 saturated carbocycles. The average molecular weight is 239 g/mol. The number of hydrogen-bond donors (Lipinski definition) is 1. The number of aryl methyl sites for hydroxylation is 1. The molecule has 1 aliphatic rings. The minimum atomic E-state index is 0.617. The summed E-state index contributed by atoms with van der Waals surface area (Å²) in [5.74, 6) is 2.55. The highest BCUT2D eigenvalue weighted by Crippen LogP contribution is 2.29. The molecule has 3 nitrogen and oxygen atoms in total. The largest absolute Gasteiger partial charge is 0.330 e. The van der Waals surface area contributed by atoms with E-state index < -0.39 is 0 Å². The Kier molecular flexibility index (Phi) is 3.92. The molecule has 1 saturated heterocycles. The minimum absolute atomic E-state index is 0.617. The molecule has 0 atom stereocenters. The summed E-state index contributed by atoms with van der Waals surface area (Å²) in [6, 6.07) is 0.617. The fourth-order valence-corrected chi connectivity index (χ4v) is 3.57. The zero-order valence-electron chi connectivity index (χ0n) is 10.2. The lowest BCUT2D eigenvalue weighted by Crippen LogP contribution is -2.17. The highest BCUT2D eigenvalue weighted by Gasteiger charge is 2.20. The average Bonchev–Trinajstić information content (AvgIpc) is 2.59. The van der Waals surface area contributed by atoms with Crippen LogP contribution in [0.5, 0.6) is 0 Å². The molecule has 16 heavy (non-hydrogen) atoms. The first kappa shape index (κ1) is 12.0. The standard InChI is InChI=1S/C12H21N3S/c1-9-12(3-6-13)10(2)15(14-9)11-4-7-16-8-5-11/h11H,3-8,13H2,1-2H3. The van der Waals surface area contributed by atoms with Crippen LogP contribution < -0.4 is 5.73 Å². The van der Waals surface area contributed by atoms with Crippen molar-refractivity contribution in [3.63, 3.8) is 0 Å². The molecule has 0 spiro atoms. The minimum Gasteiger partial charge on any atom is -0.330 e. The molecule has 1 aliphatic heterocycles. The molecule has 90 valence electrons. The summed E-state index contributed by atoms with van der Waals surface area (Å²) in [5, 5.41) is 4.70. The van der Waals surface area contributed by atoms with Gasteiger partial charge in [0.2, 0.25) is 0 Å². The van der Waals surface area contributed by atoms with E-state index in [-0.39, 0.29) is 0 Å². The Morgan fingerprint density at radius 2 is 2.06 bits per heavy atom. The van der Waals surface area contributed by atoms with E-state index in [0.29, 0.717) is 12.6 Å². The van der Waals surface area contributed by atoms with E-state index in [1.165, 1.54) is 41.3 Å². The lowest BCUT2D eigenvalue weighted by molar-refractivity contribution is 0.416. The molecule has 0 unspecified atom stereocenters. The molecular weight excluding hydrogens is 218 g/mol. The quantitative estimate of drug-likeness (QED) is 0.878. The van der Waals surface area contributed by atoms with Crippen LogP contribution in [0.3, 0.4) is 0 Å². The number of thioether (sulfide) groups is 1. The Labute approximate surface area is 102 Å². The monoisotopic (exact) mass is 239 g/mol. The fourth-order valence-electron chi connectivity index (χ4n) is 2.49. The highest BCUT2D eigenvalue weighted by molar-refractivity contribution is 7.99. The predicted octanol–water partition coefficient (Wildman–Crippen LogP) is 2.07. The number of hydrogen-bond acceptors (Lipinski definition) is 3. The van der Waals surface area contributed by atoms with Crippen LogP contribution >= 0.6 is 11.8 Å². The molecular formula is C12H21N3S. The number of nitrogens with two attached hydrogens (primary N) is 1. The normalized spacial score (nSPS) is 17.9. The van der Waals surface area contributed by atoms with Gasteiger partial charge in [-0.25, -0.2) is 0 Å². The molecule has 1 aromatic rings. The summed E-state index contributed by atoms with van der Waals surface area (Å²) in [6.45, 7) is 5.01. The van der Waals surface area contributed by atoms with Crippen molar-refractivity contribution in [3.05, 3.63) is 17.0 Å². The first-order chi connectivity index (χ1) is 7.74. The van der Waals surface area contributed by atoms with Crippen LogP contribution in [0.2, 0.25) is 0 Å². The molecule has 0 bridgehead atoms. The Morgan fingerprint density at radius 3 is 2.69 bits per heavy atom. The zero-order valence-corrected chi connectivity index (χ0v) is 11.0. The third-order valence-electron chi connectivity index (χ3n) is 3.41. The van der Waals surface area contributed by atoms with Crippen molar-refractivity contribution in [2.75, 3.05) is 18.1 Å². The van der Waals surface area contributed by atoms with Crippen LogP contribution in [-0.4, -0.2) is 27.8 Å². The topological polar surface area (TPSA) is 43.8 Å². The fraction of sp³-hybridized carbons (Fsp3) is 0.750. The maximum Gasteiger partial charge on any atom is 0.0629 e. The van der Waals surface area contributed by atoms with Crippen molar-refractivity contribution in [3.8, 4) is 0 Å².